The molecule has 0 aliphatic carbocycles. The predicted octanol–water partition coefficient (Wildman–Crippen LogP) is 4.92. The number of fused-ring (bicyclic) bond motifs is 1. The number of aromatic nitrogens is 1. The Morgan fingerprint density at radius 3 is 2.61 bits per heavy atom. The van der Waals surface area contributed by atoms with Gasteiger partial charge in [0.1, 0.15) is 5.82 Å². The van der Waals surface area contributed by atoms with Crippen LogP contribution >= 0.6 is 11.6 Å². The van der Waals surface area contributed by atoms with E-state index in [0.29, 0.717) is 6.04 Å². The Bertz CT molecular complexity index is 834. The second kappa shape index (κ2) is 5.99. The lowest BCUT2D eigenvalue weighted by Gasteiger charge is -2.27. The zero-order valence-electron chi connectivity index (χ0n) is 12.7. The molecule has 118 valence electrons. The Labute approximate surface area is 139 Å². The van der Waals surface area contributed by atoms with Gasteiger partial charge in [-0.25, -0.2) is 4.39 Å². The summed E-state index contributed by atoms with van der Waals surface area (Å²) in [5.41, 5.74) is 4.27. The van der Waals surface area contributed by atoms with Crippen LogP contribution in [0.4, 0.5) is 4.39 Å². The Balaban J connectivity index is 1.80. The van der Waals surface area contributed by atoms with Crippen LogP contribution in [0.2, 0.25) is 5.02 Å². The summed E-state index contributed by atoms with van der Waals surface area (Å²) < 4.78 is 13.2. The molecule has 4 rings (SSSR count). The second-order valence-corrected chi connectivity index (χ2v) is 6.53. The van der Waals surface area contributed by atoms with E-state index in [1.54, 1.807) is 0 Å². The minimum atomic E-state index is -0.219. The molecule has 4 heteroatoms. The van der Waals surface area contributed by atoms with Gasteiger partial charge in [0.15, 0.2) is 0 Å². The SMILES string of the molecule is Fc1ccc(-c2[nH]c3c(Cl)cccc3c2CCC2CCN2)cc1. The molecule has 1 aromatic heterocycles. The molecule has 1 fully saturated rings. The van der Waals surface area contributed by atoms with E-state index in [1.165, 1.54) is 24.1 Å². The number of H-pyrrole nitrogens is 1. The maximum atomic E-state index is 13.2. The molecule has 0 bridgehead atoms. The fourth-order valence-electron chi connectivity index (χ4n) is 3.27. The van der Waals surface area contributed by atoms with Crippen molar-refractivity contribution < 1.29 is 4.39 Å². The Morgan fingerprint density at radius 2 is 1.91 bits per heavy atom. The summed E-state index contributed by atoms with van der Waals surface area (Å²) in [7, 11) is 0. The maximum absolute atomic E-state index is 13.2. The lowest BCUT2D eigenvalue weighted by molar-refractivity contribution is 0.351. The molecule has 2 nitrogen and oxygen atoms in total. The first kappa shape index (κ1) is 14.7. The summed E-state index contributed by atoms with van der Waals surface area (Å²) in [4.78, 5) is 3.45. The van der Waals surface area contributed by atoms with Gasteiger partial charge in [-0.3, -0.25) is 0 Å². The first-order valence-corrected chi connectivity index (χ1v) is 8.38. The predicted molar refractivity (Wildman–Crippen MR) is 93.4 cm³/mol. The summed E-state index contributed by atoms with van der Waals surface area (Å²) in [5.74, 6) is -0.219. The molecule has 2 aromatic carbocycles. The number of halogens is 2. The second-order valence-electron chi connectivity index (χ2n) is 6.13. The highest BCUT2D eigenvalue weighted by molar-refractivity contribution is 6.35. The van der Waals surface area contributed by atoms with Gasteiger partial charge in [0.05, 0.1) is 10.5 Å². The number of aromatic amines is 1. The van der Waals surface area contributed by atoms with Crippen molar-refractivity contribution in [3.05, 3.63) is 58.9 Å². The number of hydrogen-bond donors (Lipinski definition) is 2. The number of nitrogens with one attached hydrogen (secondary N) is 2. The average Bonchev–Trinajstić information content (AvgIpc) is 2.87. The smallest absolute Gasteiger partial charge is 0.123 e. The first-order valence-electron chi connectivity index (χ1n) is 8.01. The third-order valence-corrected chi connectivity index (χ3v) is 5.01. The normalized spacial score (nSPS) is 17.4. The number of aryl methyl sites for hydroxylation is 1. The van der Waals surface area contributed by atoms with Gasteiger partial charge in [-0.2, -0.15) is 0 Å². The van der Waals surface area contributed by atoms with E-state index in [1.807, 2.05) is 24.3 Å². The van der Waals surface area contributed by atoms with Gasteiger partial charge in [-0.1, -0.05) is 23.7 Å². The third kappa shape index (κ3) is 2.75. The minimum absolute atomic E-state index is 0.219. The van der Waals surface area contributed by atoms with Crippen LogP contribution < -0.4 is 5.32 Å². The van der Waals surface area contributed by atoms with E-state index < -0.39 is 0 Å². The summed E-state index contributed by atoms with van der Waals surface area (Å²) in [6.45, 7) is 1.12. The quantitative estimate of drug-likeness (QED) is 0.699. The van der Waals surface area contributed by atoms with Gasteiger partial charge in [-0.05, 0) is 67.3 Å². The molecule has 1 unspecified atom stereocenters. The lowest BCUT2D eigenvalue weighted by atomic mass is 9.95. The van der Waals surface area contributed by atoms with E-state index in [4.69, 9.17) is 11.6 Å². The van der Waals surface area contributed by atoms with E-state index in [9.17, 15) is 4.39 Å². The zero-order valence-corrected chi connectivity index (χ0v) is 13.5. The van der Waals surface area contributed by atoms with E-state index in [-0.39, 0.29) is 5.82 Å². The van der Waals surface area contributed by atoms with E-state index in [0.717, 1.165) is 46.6 Å². The van der Waals surface area contributed by atoms with Crippen LogP contribution in [0.5, 0.6) is 0 Å². The highest BCUT2D eigenvalue weighted by Crippen LogP contribution is 2.35. The van der Waals surface area contributed by atoms with Gasteiger partial charge in [0.25, 0.3) is 0 Å². The summed E-state index contributed by atoms with van der Waals surface area (Å²) in [6, 6.07) is 13.2. The Morgan fingerprint density at radius 1 is 1.13 bits per heavy atom. The highest BCUT2D eigenvalue weighted by atomic mass is 35.5. The largest absolute Gasteiger partial charge is 0.353 e. The van der Waals surface area contributed by atoms with Crippen LogP contribution in [0, 0.1) is 5.82 Å². The van der Waals surface area contributed by atoms with E-state index in [2.05, 4.69) is 16.4 Å². The van der Waals surface area contributed by atoms with Gasteiger partial charge in [-0.15, -0.1) is 0 Å². The number of benzene rings is 2. The summed E-state index contributed by atoms with van der Waals surface area (Å²) >= 11 is 6.35. The minimum Gasteiger partial charge on any atom is -0.353 e. The molecular formula is C19H18ClFN2. The standard InChI is InChI=1S/C19H18ClFN2/c20-17-3-1-2-15-16(9-8-14-10-11-22-14)18(23-19(15)17)12-4-6-13(21)7-5-12/h1-7,14,22-23H,8-11H2. The topological polar surface area (TPSA) is 27.8 Å². The zero-order chi connectivity index (χ0) is 15.8. The average molecular weight is 329 g/mol. The maximum Gasteiger partial charge on any atom is 0.123 e. The molecule has 0 spiro atoms. The Kier molecular flexibility index (Phi) is 3.83. The molecule has 2 heterocycles. The van der Waals surface area contributed by atoms with Crippen LogP contribution in [0.25, 0.3) is 22.2 Å². The molecule has 1 aliphatic heterocycles. The molecular weight excluding hydrogens is 311 g/mol. The van der Waals surface area contributed by atoms with Crippen molar-refractivity contribution >= 4 is 22.5 Å². The third-order valence-electron chi connectivity index (χ3n) is 4.69. The van der Waals surface area contributed by atoms with E-state index >= 15 is 0 Å². The molecule has 1 aliphatic rings. The van der Waals surface area contributed by atoms with Crippen molar-refractivity contribution in [2.24, 2.45) is 0 Å². The van der Waals surface area contributed by atoms with Gasteiger partial charge >= 0.3 is 0 Å². The van der Waals surface area contributed by atoms with Crippen molar-refractivity contribution in [3.63, 3.8) is 0 Å². The van der Waals surface area contributed by atoms with Crippen LogP contribution in [-0.2, 0) is 6.42 Å². The van der Waals surface area contributed by atoms with Gasteiger partial charge in [0, 0.05) is 17.1 Å². The van der Waals surface area contributed by atoms with Crippen LogP contribution in [0.15, 0.2) is 42.5 Å². The van der Waals surface area contributed by atoms with Gasteiger partial charge < -0.3 is 10.3 Å². The fourth-order valence-corrected chi connectivity index (χ4v) is 3.50. The van der Waals surface area contributed by atoms with Crippen molar-refractivity contribution in [3.8, 4) is 11.3 Å². The molecule has 2 N–H and O–H groups in total. The van der Waals surface area contributed by atoms with Crippen molar-refractivity contribution in [2.75, 3.05) is 6.54 Å². The van der Waals surface area contributed by atoms with Gasteiger partial charge in [0.2, 0.25) is 0 Å². The monoisotopic (exact) mass is 328 g/mol. The molecule has 1 saturated heterocycles. The number of hydrogen-bond acceptors (Lipinski definition) is 1. The van der Waals surface area contributed by atoms with Crippen LogP contribution in [0.3, 0.4) is 0 Å². The fraction of sp³-hybridized carbons (Fsp3) is 0.263. The highest BCUT2D eigenvalue weighted by Gasteiger charge is 2.19. The molecule has 0 radical (unpaired) electrons. The molecule has 0 amide bonds. The Hall–Kier alpha value is -1.84. The molecule has 23 heavy (non-hydrogen) atoms. The lowest BCUT2D eigenvalue weighted by Crippen LogP contribution is -2.42. The molecule has 3 aromatic rings. The molecule has 1 atom stereocenters. The number of rotatable bonds is 4. The van der Waals surface area contributed by atoms with Crippen molar-refractivity contribution in [1.82, 2.24) is 10.3 Å². The van der Waals surface area contributed by atoms with Crippen molar-refractivity contribution in [2.45, 2.75) is 25.3 Å². The number of para-hydroxylation sites is 1. The van der Waals surface area contributed by atoms with Crippen molar-refractivity contribution in [1.29, 1.82) is 0 Å². The summed E-state index contributed by atoms with van der Waals surface area (Å²) in [5, 5.41) is 5.33. The summed E-state index contributed by atoms with van der Waals surface area (Å²) in [6.07, 6.45) is 3.33. The molecule has 0 saturated carbocycles. The van der Waals surface area contributed by atoms with Crippen LogP contribution in [-0.4, -0.2) is 17.6 Å². The first-order chi connectivity index (χ1) is 11.2. The van der Waals surface area contributed by atoms with Crippen LogP contribution in [0.1, 0.15) is 18.4 Å².